The van der Waals surface area contributed by atoms with Crippen molar-refractivity contribution in [2.24, 2.45) is 0 Å². The molecule has 28 heteroatoms. The molecule has 20 rings (SSSR count). The number of hydrogen-bond acceptors (Lipinski definition) is 14. The Bertz CT molecular complexity index is 7240. The van der Waals surface area contributed by atoms with E-state index in [1.807, 2.05) is 180 Å². The Morgan fingerprint density at radius 1 is 0.314 bits per heavy atom. The van der Waals surface area contributed by atoms with Crippen LogP contribution in [0.1, 0.15) is 11.1 Å². The third-order valence-corrected chi connectivity index (χ3v) is 25.6. The summed E-state index contributed by atoms with van der Waals surface area (Å²) >= 11 is 23.9. The minimum Gasteiger partial charge on any atom is -0.423 e. The van der Waals surface area contributed by atoms with Crippen LogP contribution in [0.2, 0.25) is 5.02 Å². The van der Waals surface area contributed by atoms with Crippen LogP contribution in [0.5, 0.6) is 0 Å². The molecule has 0 saturated heterocycles. The number of nitro benzene ring substituents is 4. The summed E-state index contributed by atoms with van der Waals surface area (Å²) in [6.07, 6.45) is 1.04. The van der Waals surface area contributed by atoms with E-state index in [2.05, 4.69) is 267 Å². The maximum Gasteiger partial charge on any atom is 0.489 e. The summed E-state index contributed by atoms with van der Waals surface area (Å²) < 4.78 is 8.15. The smallest absolute Gasteiger partial charge is 0.423 e. The van der Waals surface area contributed by atoms with E-state index in [0.717, 1.165) is 54.3 Å². The number of nitro groups is 4. The van der Waals surface area contributed by atoms with Gasteiger partial charge in [0.05, 0.1) is 39.9 Å². The molecule has 19 aromatic rings. The second-order valence-electron chi connectivity index (χ2n) is 30.0. The van der Waals surface area contributed by atoms with Gasteiger partial charge in [-0.25, -0.2) is 0 Å². The normalized spacial score (nSPS) is 10.4. The molecule has 1 aromatic heterocycles. The summed E-state index contributed by atoms with van der Waals surface area (Å²) in [5.74, 6) is 0. The first-order chi connectivity index (χ1) is 66.2. The van der Waals surface area contributed by atoms with Crippen LogP contribution in [-0.2, 0) is 6.42 Å². The van der Waals surface area contributed by atoms with Gasteiger partial charge in [-0.1, -0.05) is 367 Å². The Kier molecular flexibility index (Phi) is 38.1. The molecular formula is C109H82B2Br4ClI2N7O12. The summed E-state index contributed by atoms with van der Waals surface area (Å²) in [5, 5.41) is 80.4. The molecular weight excluding hydrogens is 2230 g/mol. The summed E-state index contributed by atoms with van der Waals surface area (Å²) in [7, 11) is -2.73. The molecule has 680 valence electrons. The van der Waals surface area contributed by atoms with E-state index < -0.39 is 24.1 Å². The van der Waals surface area contributed by atoms with Crippen LogP contribution in [0.4, 0.5) is 34.1 Å². The van der Waals surface area contributed by atoms with Gasteiger partial charge in [-0.3, -0.25) is 40.5 Å². The van der Waals surface area contributed by atoms with Crippen molar-refractivity contribution in [3.63, 3.8) is 0 Å². The van der Waals surface area contributed by atoms with Crippen LogP contribution in [0.25, 0.3) is 105 Å². The second kappa shape index (κ2) is 51.0. The van der Waals surface area contributed by atoms with Gasteiger partial charge in [0.2, 0.25) is 0 Å². The molecule has 1 aliphatic rings. The standard InChI is InChI=1S/C24H16BrN.C19H13Br.C18H12BrNO2.C12H8INO2.C12H10N2O2.C6H6BBrO2.C6H7BO2.C6H5ClN2O2.C6H5I/c25-21-12-7-13-23-24(21)20-16-18(17-8-3-1-4-9-17)14-15-22(20)26(23)19-10-5-2-6-11-19;20-18-8-4-7-16-11-15-10-9-14(12-17(15)19(16)18)13-5-2-1-3-6-13;19-17-9-5-4-8-15(17)16-12-14(10-11-18(16)20(21)22)13-6-2-1-3-7-13;2*13-11-8-10(6-7-12(11)14(15)16)9-4-2-1-3-5-9;8-6-4-2-1-3-5(6)7(9)10;8-7(9)6-4-2-1-3-5-6;7-4-1-2-6(9(10)11)5(8)3-4;7-6-4-2-1-3-5-6/h1-16H;1-10,12H,11H2;1-12H;1-8H;1-8H,13H2;1-4,9-10H;1-5,8-9H;1-3H,8H2;1-5H. The number of nitrogen functional groups attached to an aromatic ring is 2. The summed E-state index contributed by atoms with van der Waals surface area (Å²) in [6, 6.07) is 140. The van der Waals surface area contributed by atoms with Gasteiger partial charge in [-0.05, 0) is 262 Å². The molecule has 19 nitrogen and oxygen atoms in total. The lowest BCUT2D eigenvalue weighted by molar-refractivity contribution is -0.385. The number of fused-ring (bicyclic) bond motifs is 6. The lowest BCUT2D eigenvalue weighted by Gasteiger charge is -2.09. The van der Waals surface area contributed by atoms with Crippen molar-refractivity contribution in [1.29, 1.82) is 0 Å². The molecule has 8 N–H and O–H groups in total. The highest BCUT2D eigenvalue weighted by Crippen LogP contribution is 2.45. The molecule has 1 aliphatic carbocycles. The fraction of sp³-hybridized carbons (Fsp3) is 0.00917. The van der Waals surface area contributed by atoms with Crippen LogP contribution >= 0.6 is 121 Å². The average molecular weight is 2310 g/mol. The Labute approximate surface area is 857 Å². The van der Waals surface area contributed by atoms with Crippen LogP contribution in [0.15, 0.2) is 455 Å². The number of hydrogen-bond donors (Lipinski definition) is 6. The summed E-state index contributed by atoms with van der Waals surface area (Å²) in [5.41, 5.74) is 33.8. The van der Waals surface area contributed by atoms with E-state index in [1.54, 1.807) is 78.9 Å². The van der Waals surface area contributed by atoms with Crippen molar-refractivity contribution in [3.8, 4) is 83.6 Å². The highest BCUT2D eigenvalue weighted by atomic mass is 127. The van der Waals surface area contributed by atoms with Crippen molar-refractivity contribution in [1.82, 2.24) is 4.57 Å². The SMILES string of the molecule is Brc1cccc2c1-c1cc(-c3ccccc3)ccc1C2.Brc1cccc2c1c1cc(-c3ccccc3)ccc1n2-c1ccccc1.Ic1ccccc1.Nc1cc(-c2ccccc2)ccc1[N+](=O)[O-].Nc1cc(Cl)ccc1[N+](=O)[O-].O=[N+]([O-])c1ccc(-c2ccccc2)cc1-c1ccccc1Br.O=[N+]([O-])c1ccc(-c2ccccc2)cc1I.OB(O)c1ccccc1.OB(O)c1ccccc1Br. The predicted octanol–water partition coefficient (Wildman–Crippen LogP) is 28.9. The zero-order valence-electron chi connectivity index (χ0n) is 72.5. The van der Waals surface area contributed by atoms with Gasteiger partial charge < -0.3 is 36.1 Å². The number of halogens is 7. The summed E-state index contributed by atoms with van der Waals surface area (Å²) in [4.78, 5) is 41.1. The van der Waals surface area contributed by atoms with Gasteiger partial charge in [-0.2, -0.15) is 0 Å². The van der Waals surface area contributed by atoms with Crippen LogP contribution in [0, 0.1) is 47.6 Å². The van der Waals surface area contributed by atoms with E-state index in [-0.39, 0.29) is 44.0 Å². The maximum absolute atomic E-state index is 11.3. The van der Waals surface area contributed by atoms with Gasteiger partial charge in [0.1, 0.15) is 11.4 Å². The van der Waals surface area contributed by atoms with Crippen LogP contribution in [0.3, 0.4) is 0 Å². The first-order valence-electron chi connectivity index (χ1n) is 42.1. The molecule has 18 aromatic carbocycles. The minimum absolute atomic E-state index is 0.0559. The Morgan fingerprint density at radius 3 is 1.15 bits per heavy atom. The minimum atomic E-state index is -1.39. The zero-order chi connectivity index (χ0) is 97.4. The quantitative estimate of drug-likeness (QED) is 0.0206. The molecule has 0 bridgehead atoms. The Morgan fingerprint density at radius 2 is 0.701 bits per heavy atom. The van der Waals surface area contributed by atoms with Gasteiger partial charge in [0, 0.05) is 72.8 Å². The van der Waals surface area contributed by atoms with Crippen molar-refractivity contribution in [2.75, 3.05) is 11.5 Å². The molecule has 137 heavy (non-hydrogen) atoms. The maximum atomic E-state index is 11.3. The van der Waals surface area contributed by atoms with E-state index in [1.165, 1.54) is 104 Å². The highest BCUT2D eigenvalue weighted by Gasteiger charge is 2.24. The van der Waals surface area contributed by atoms with Crippen LogP contribution in [-0.4, -0.2) is 58.6 Å². The molecule has 0 aliphatic heterocycles. The molecule has 1 heterocycles. The fourth-order valence-electron chi connectivity index (χ4n) is 14.5. The molecule has 0 unspecified atom stereocenters. The lowest BCUT2D eigenvalue weighted by atomic mass is 9.80. The first-order valence-corrected chi connectivity index (χ1v) is 47.8. The third kappa shape index (κ3) is 28.4. The van der Waals surface area contributed by atoms with Crippen molar-refractivity contribution < 1.29 is 39.8 Å². The summed E-state index contributed by atoms with van der Waals surface area (Å²) in [6.45, 7) is 0. The number of aromatic nitrogens is 1. The molecule has 0 spiro atoms. The molecule has 0 atom stereocenters. The van der Waals surface area contributed by atoms with Gasteiger partial charge in [-0.15, -0.1) is 0 Å². The van der Waals surface area contributed by atoms with Crippen LogP contribution < -0.4 is 22.4 Å². The van der Waals surface area contributed by atoms with E-state index in [4.69, 9.17) is 43.2 Å². The average Bonchev–Trinajstić information content (AvgIpc) is 1.61. The highest BCUT2D eigenvalue weighted by molar-refractivity contribution is 14.1. The first kappa shape index (κ1) is 103. The zero-order valence-corrected chi connectivity index (χ0v) is 83.9. The number of anilines is 2. The van der Waals surface area contributed by atoms with Gasteiger partial charge in [0.25, 0.3) is 22.7 Å². The molecule has 0 radical (unpaired) electrons. The van der Waals surface area contributed by atoms with Gasteiger partial charge in [0.15, 0.2) is 0 Å². The number of benzene rings is 18. The van der Waals surface area contributed by atoms with E-state index >= 15 is 0 Å². The molecule has 0 amide bonds. The molecule has 0 fully saturated rings. The van der Waals surface area contributed by atoms with Crippen molar-refractivity contribution in [3.05, 3.63) is 518 Å². The topological polar surface area (TPSA) is 310 Å². The Hall–Kier alpha value is -13.4. The van der Waals surface area contributed by atoms with Gasteiger partial charge >= 0.3 is 14.2 Å². The third-order valence-electron chi connectivity index (χ3n) is 21.1. The lowest BCUT2D eigenvalue weighted by Crippen LogP contribution is -2.30. The van der Waals surface area contributed by atoms with E-state index in [0.29, 0.717) is 29.6 Å². The number of nitrogens with two attached hydrogens (primary N) is 2. The fourth-order valence-corrected chi connectivity index (χ4v) is 18.0. The Balaban J connectivity index is 0.000000142. The van der Waals surface area contributed by atoms with Crippen molar-refractivity contribution >= 4 is 202 Å². The number of nitrogens with zero attached hydrogens (tertiary/aromatic N) is 5. The molecule has 0 saturated carbocycles. The predicted molar refractivity (Wildman–Crippen MR) is 590 cm³/mol. The van der Waals surface area contributed by atoms with E-state index in [9.17, 15) is 40.5 Å². The van der Waals surface area contributed by atoms with Crippen molar-refractivity contribution in [2.45, 2.75) is 6.42 Å². The second-order valence-corrected chi connectivity index (χ2v) is 36.3. The largest absolute Gasteiger partial charge is 0.489 e. The number of rotatable bonds is 13. The monoisotopic (exact) mass is 2310 g/mol. The number of para-hydroxylation sites is 1.